The van der Waals surface area contributed by atoms with Gasteiger partial charge in [-0.25, -0.2) is 0 Å². The first-order chi connectivity index (χ1) is 8.70. The van der Waals surface area contributed by atoms with E-state index in [1.807, 2.05) is 7.05 Å². The second-order valence-corrected chi connectivity index (χ2v) is 5.03. The lowest BCUT2D eigenvalue weighted by molar-refractivity contribution is 0.781. The lowest BCUT2D eigenvalue weighted by Crippen LogP contribution is -1.98. The molecule has 3 heteroatoms. The number of nitrogen functional groups attached to an aromatic ring is 1. The molecular formula is C15H19N3. The predicted molar refractivity (Wildman–Crippen MR) is 74.5 cm³/mol. The summed E-state index contributed by atoms with van der Waals surface area (Å²) in [6.07, 6.45) is 4.63. The molecule has 0 unspecified atom stereocenters. The molecule has 0 fully saturated rings. The molecule has 0 bridgehead atoms. The Bertz CT molecular complexity index is 596. The number of fused-ring (bicyclic) bond motifs is 1. The summed E-state index contributed by atoms with van der Waals surface area (Å²) in [6, 6.07) is 6.73. The van der Waals surface area contributed by atoms with Gasteiger partial charge in [-0.15, -0.1) is 0 Å². The summed E-state index contributed by atoms with van der Waals surface area (Å²) in [5.74, 6) is 0.785. The van der Waals surface area contributed by atoms with Crippen molar-refractivity contribution < 1.29 is 0 Å². The average Bonchev–Trinajstić information content (AvgIpc) is 2.94. The number of nitrogens with two attached hydrogens (primary N) is 1. The number of nitrogens with zero attached hydrogens (tertiary/aromatic N) is 2. The number of benzene rings is 1. The molecule has 2 aromatic rings. The van der Waals surface area contributed by atoms with Crippen molar-refractivity contribution in [3.63, 3.8) is 0 Å². The van der Waals surface area contributed by atoms with Gasteiger partial charge in [-0.1, -0.05) is 19.1 Å². The maximum Gasteiger partial charge on any atom is 0.125 e. The Kier molecular flexibility index (Phi) is 2.62. The van der Waals surface area contributed by atoms with Crippen LogP contribution in [0.3, 0.4) is 0 Å². The van der Waals surface area contributed by atoms with Gasteiger partial charge in [0, 0.05) is 18.2 Å². The third-order valence-electron chi connectivity index (χ3n) is 3.92. The van der Waals surface area contributed by atoms with E-state index in [-0.39, 0.29) is 0 Å². The van der Waals surface area contributed by atoms with Gasteiger partial charge in [0.2, 0.25) is 0 Å². The number of hydrogen-bond acceptors (Lipinski definition) is 2. The first kappa shape index (κ1) is 11.3. The summed E-state index contributed by atoms with van der Waals surface area (Å²) in [6.45, 7) is 2.13. The Balaban J connectivity index is 2.12. The molecule has 0 atom stereocenters. The van der Waals surface area contributed by atoms with Crippen LogP contribution in [0.15, 0.2) is 18.2 Å². The summed E-state index contributed by atoms with van der Waals surface area (Å²) in [7, 11) is 1.91. The van der Waals surface area contributed by atoms with Gasteiger partial charge in [-0.2, -0.15) is 5.10 Å². The van der Waals surface area contributed by atoms with Crippen molar-refractivity contribution in [3.05, 3.63) is 34.9 Å². The summed E-state index contributed by atoms with van der Waals surface area (Å²) >= 11 is 0. The van der Waals surface area contributed by atoms with Gasteiger partial charge in [0.05, 0.1) is 5.69 Å². The second-order valence-electron chi connectivity index (χ2n) is 5.03. The first-order valence-electron chi connectivity index (χ1n) is 6.64. The van der Waals surface area contributed by atoms with E-state index in [0.717, 1.165) is 23.5 Å². The van der Waals surface area contributed by atoms with E-state index in [2.05, 4.69) is 30.2 Å². The molecule has 1 heterocycles. The highest BCUT2D eigenvalue weighted by Crippen LogP contribution is 2.31. The lowest BCUT2D eigenvalue weighted by atomic mass is 10.0. The van der Waals surface area contributed by atoms with Crippen molar-refractivity contribution in [2.24, 2.45) is 7.05 Å². The third kappa shape index (κ3) is 1.62. The molecule has 0 saturated carbocycles. The molecule has 0 saturated heterocycles. The van der Waals surface area contributed by atoms with Crippen molar-refractivity contribution in [3.8, 4) is 11.3 Å². The van der Waals surface area contributed by atoms with Gasteiger partial charge < -0.3 is 5.73 Å². The van der Waals surface area contributed by atoms with E-state index < -0.39 is 0 Å². The summed E-state index contributed by atoms with van der Waals surface area (Å²) in [5, 5.41) is 4.57. The highest BCUT2D eigenvalue weighted by atomic mass is 15.3. The molecule has 0 aliphatic heterocycles. The average molecular weight is 241 g/mol. The zero-order valence-electron chi connectivity index (χ0n) is 11.0. The van der Waals surface area contributed by atoms with Crippen LogP contribution in [-0.2, 0) is 26.3 Å². The number of anilines is 1. The van der Waals surface area contributed by atoms with Crippen LogP contribution in [0.1, 0.15) is 30.0 Å². The first-order valence-corrected chi connectivity index (χ1v) is 6.64. The fourth-order valence-corrected chi connectivity index (χ4v) is 2.88. The summed E-state index contributed by atoms with van der Waals surface area (Å²) in [4.78, 5) is 0. The van der Waals surface area contributed by atoms with Crippen LogP contribution in [0.2, 0.25) is 0 Å². The largest absolute Gasteiger partial charge is 0.384 e. The Hall–Kier alpha value is -1.77. The fraction of sp³-hybridized carbons (Fsp3) is 0.400. The molecule has 3 rings (SSSR count). The van der Waals surface area contributed by atoms with Crippen molar-refractivity contribution >= 4 is 5.82 Å². The predicted octanol–water partition coefficient (Wildman–Crippen LogP) is 2.72. The number of hydrogen-bond donors (Lipinski definition) is 1. The second kappa shape index (κ2) is 4.16. The zero-order valence-corrected chi connectivity index (χ0v) is 11.0. The zero-order chi connectivity index (χ0) is 12.7. The van der Waals surface area contributed by atoms with Gasteiger partial charge in [0.15, 0.2) is 0 Å². The Morgan fingerprint density at radius 2 is 2.06 bits per heavy atom. The molecule has 94 valence electrons. The molecule has 3 nitrogen and oxygen atoms in total. The summed E-state index contributed by atoms with van der Waals surface area (Å²) < 4.78 is 1.78. The molecule has 18 heavy (non-hydrogen) atoms. The van der Waals surface area contributed by atoms with Crippen LogP contribution in [0.5, 0.6) is 0 Å². The SMILES string of the molecule is CCc1c(-c2ccc3c(c2)CCC3)nn(C)c1N. The normalized spacial score (nSPS) is 13.9. The minimum absolute atomic E-state index is 0.785. The fourth-order valence-electron chi connectivity index (χ4n) is 2.88. The maximum absolute atomic E-state index is 6.06. The smallest absolute Gasteiger partial charge is 0.125 e. The number of aryl methyl sites for hydroxylation is 3. The third-order valence-corrected chi connectivity index (χ3v) is 3.92. The van der Waals surface area contributed by atoms with Gasteiger partial charge in [-0.05, 0) is 42.9 Å². The number of aromatic nitrogens is 2. The topological polar surface area (TPSA) is 43.8 Å². The van der Waals surface area contributed by atoms with Crippen molar-refractivity contribution in [2.45, 2.75) is 32.6 Å². The van der Waals surface area contributed by atoms with Crippen LogP contribution in [0, 0.1) is 0 Å². The lowest BCUT2D eigenvalue weighted by Gasteiger charge is -2.04. The molecule has 1 aliphatic rings. The van der Waals surface area contributed by atoms with Crippen LogP contribution < -0.4 is 5.73 Å². The molecule has 1 aromatic carbocycles. The van der Waals surface area contributed by atoms with Crippen LogP contribution >= 0.6 is 0 Å². The van der Waals surface area contributed by atoms with E-state index in [4.69, 9.17) is 5.73 Å². The van der Waals surface area contributed by atoms with Crippen LogP contribution in [0.25, 0.3) is 11.3 Å². The van der Waals surface area contributed by atoms with E-state index in [0.29, 0.717) is 0 Å². The molecule has 1 aromatic heterocycles. The molecular weight excluding hydrogens is 222 g/mol. The van der Waals surface area contributed by atoms with Crippen molar-refractivity contribution in [2.75, 3.05) is 5.73 Å². The van der Waals surface area contributed by atoms with Crippen molar-refractivity contribution in [1.82, 2.24) is 9.78 Å². The molecule has 2 N–H and O–H groups in total. The van der Waals surface area contributed by atoms with E-state index >= 15 is 0 Å². The molecule has 0 radical (unpaired) electrons. The van der Waals surface area contributed by atoms with Gasteiger partial charge in [0.25, 0.3) is 0 Å². The van der Waals surface area contributed by atoms with Crippen molar-refractivity contribution in [1.29, 1.82) is 0 Å². The molecule has 0 amide bonds. The Labute approximate surface area is 108 Å². The standard InChI is InChI=1S/C15H19N3/c1-3-13-14(17-18(2)15(13)16)12-8-7-10-5-4-6-11(10)9-12/h7-9H,3-6,16H2,1-2H3. The Morgan fingerprint density at radius 3 is 2.83 bits per heavy atom. The quantitative estimate of drug-likeness (QED) is 0.878. The van der Waals surface area contributed by atoms with Gasteiger partial charge in [0.1, 0.15) is 5.82 Å². The summed E-state index contributed by atoms with van der Waals surface area (Å²) in [5.41, 5.74) is 12.5. The highest BCUT2D eigenvalue weighted by Gasteiger charge is 2.16. The van der Waals surface area contributed by atoms with Crippen LogP contribution in [-0.4, -0.2) is 9.78 Å². The maximum atomic E-state index is 6.06. The minimum atomic E-state index is 0.785. The van der Waals surface area contributed by atoms with E-state index in [1.54, 1.807) is 4.68 Å². The number of rotatable bonds is 2. The molecule has 1 aliphatic carbocycles. The Morgan fingerprint density at radius 1 is 1.28 bits per heavy atom. The molecule has 0 spiro atoms. The highest BCUT2D eigenvalue weighted by molar-refractivity contribution is 5.69. The minimum Gasteiger partial charge on any atom is -0.384 e. The van der Waals surface area contributed by atoms with E-state index in [9.17, 15) is 0 Å². The van der Waals surface area contributed by atoms with Gasteiger partial charge in [-0.3, -0.25) is 4.68 Å². The van der Waals surface area contributed by atoms with Gasteiger partial charge >= 0.3 is 0 Å². The van der Waals surface area contributed by atoms with Crippen LogP contribution in [0.4, 0.5) is 5.82 Å². The van der Waals surface area contributed by atoms with E-state index in [1.165, 1.54) is 36.0 Å². The monoisotopic (exact) mass is 241 g/mol.